The molecule has 0 amide bonds. The first kappa shape index (κ1) is 13.0. The Labute approximate surface area is 107 Å². The summed E-state index contributed by atoms with van der Waals surface area (Å²) >= 11 is 0. The van der Waals surface area contributed by atoms with Crippen molar-refractivity contribution in [3.05, 3.63) is 42.1 Å². The number of aromatic nitrogens is 1. The van der Waals surface area contributed by atoms with E-state index in [1.165, 1.54) is 0 Å². The third kappa shape index (κ3) is 3.05. The van der Waals surface area contributed by atoms with Gasteiger partial charge in [0.25, 0.3) is 0 Å². The molecule has 1 heterocycles. The third-order valence-corrected chi connectivity index (χ3v) is 4.44. The average Bonchev–Trinajstić information content (AvgIpc) is 2.37. The molecule has 0 bridgehead atoms. The van der Waals surface area contributed by atoms with Crippen LogP contribution in [0.15, 0.2) is 36.5 Å². The Morgan fingerprint density at radius 1 is 1.17 bits per heavy atom. The normalized spacial score (nSPS) is 11.8. The fourth-order valence-electron chi connectivity index (χ4n) is 1.89. The zero-order valence-corrected chi connectivity index (χ0v) is 10.9. The number of para-hydroxylation sites is 1. The fourth-order valence-corrected chi connectivity index (χ4v) is 3.37. The lowest BCUT2D eigenvalue weighted by Gasteiger charge is -2.06. The maximum absolute atomic E-state index is 11.9. The van der Waals surface area contributed by atoms with E-state index in [-0.39, 0.29) is 11.5 Å². The second-order valence-corrected chi connectivity index (χ2v) is 6.41. The number of fused-ring (bicyclic) bond motifs is 1. The SMILES string of the molecule is NCCCS(=O)(=O)Cc1ccnc2ccccc12. The van der Waals surface area contributed by atoms with Crippen molar-refractivity contribution in [3.8, 4) is 0 Å². The number of hydrogen-bond donors (Lipinski definition) is 1. The van der Waals surface area contributed by atoms with Crippen LogP contribution in [0, 0.1) is 0 Å². The first-order chi connectivity index (χ1) is 8.62. The van der Waals surface area contributed by atoms with Gasteiger partial charge in [-0.25, -0.2) is 8.42 Å². The zero-order chi connectivity index (χ0) is 13.0. The minimum absolute atomic E-state index is 0.0516. The molecule has 0 saturated carbocycles. The Kier molecular flexibility index (Phi) is 3.93. The Hall–Kier alpha value is -1.46. The molecular weight excluding hydrogens is 248 g/mol. The number of rotatable bonds is 5. The van der Waals surface area contributed by atoms with Gasteiger partial charge in [0.1, 0.15) is 0 Å². The summed E-state index contributed by atoms with van der Waals surface area (Å²) in [6.07, 6.45) is 2.15. The van der Waals surface area contributed by atoms with E-state index < -0.39 is 9.84 Å². The van der Waals surface area contributed by atoms with Crippen LogP contribution in [0.3, 0.4) is 0 Å². The molecular formula is C13H16N2O2S. The second-order valence-electron chi connectivity index (χ2n) is 4.22. The average molecular weight is 264 g/mol. The first-order valence-corrected chi connectivity index (χ1v) is 7.68. The lowest BCUT2D eigenvalue weighted by Crippen LogP contribution is -2.13. The van der Waals surface area contributed by atoms with Crippen LogP contribution in [-0.2, 0) is 15.6 Å². The second kappa shape index (κ2) is 5.46. The number of nitrogens with zero attached hydrogens (tertiary/aromatic N) is 1. The summed E-state index contributed by atoms with van der Waals surface area (Å²) in [6.45, 7) is 0.399. The van der Waals surface area contributed by atoms with Crippen molar-refractivity contribution in [1.29, 1.82) is 0 Å². The zero-order valence-electron chi connectivity index (χ0n) is 10.0. The van der Waals surface area contributed by atoms with E-state index in [1.807, 2.05) is 24.3 Å². The summed E-state index contributed by atoms with van der Waals surface area (Å²) < 4.78 is 23.9. The highest BCUT2D eigenvalue weighted by Gasteiger charge is 2.13. The van der Waals surface area contributed by atoms with Crippen molar-refractivity contribution in [2.45, 2.75) is 12.2 Å². The van der Waals surface area contributed by atoms with E-state index >= 15 is 0 Å². The molecule has 0 radical (unpaired) electrons. The number of benzene rings is 1. The molecule has 0 aliphatic carbocycles. The van der Waals surface area contributed by atoms with Gasteiger partial charge in [-0.05, 0) is 30.7 Å². The standard InChI is InChI=1S/C13H16N2O2S/c14-7-3-9-18(16,17)10-11-6-8-15-13-5-2-1-4-12(11)13/h1-2,4-6,8H,3,7,9-10,14H2. The van der Waals surface area contributed by atoms with Crippen LogP contribution in [0.5, 0.6) is 0 Å². The monoisotopic (exact) mass is 264 g/mol. The van der Waals surface area contributed by atoms with Crippen molar-refractivity contribution >= 4 is 20.7 Å². The van der Waals surface area contributed by atoms with Crippen molar-refractivity contribution < 1.29 is 8.42 Å². The van der Waals surface area contributed by atoms with E-state index in [4.69, 9.17) is 5.73 Å². The van der Waals surface area contributed by atoms with E-state index in [9.17, 15) is 8.42 Å². The molecule has 0 aliphatic rings. The topological polar surface area (TPSA) is 73.1 Å². The van der Waals surface area contributed by atoms with Crippen molar-refractivity contribution in [2.24, 2.45) is 5.73 Å². The molecule has 2 N–H and O–H groups in total. The van der Waals surface area contributed by atoms with Crippen LogP contribution in [0.1, 0.15) is 12.0 Å². The Bertz CT molecular complexity index is 633. The van der Waals surface area contributed by atoms with Gasteiger partial charge in [0, 0.05) is 11.6 Å². The molecule has 1 aromatic carbocycles. The van der Waals surface area contributed by atoms with Gasteiger partial charge < -0.3 is 5.73 Å². The Morgan fingerprint density at radius 3 is 2.72 bits per heavy atom. The summed E-state index contributed by atoms with van der Waals surface area (Å²) in [5.74, 6) is 0.191. The number of pyridine rings is 1. The largest absolute Gasteiger partial charge is 0.330 e. The van der Waals surface area contributed by atoms with E-state index in [2.05, 4.69) is 4.98 Å². The smallest absolute Gasteiger partial charge is 0.154 e. The molecule has 18 heavy (non-hydrogen) atoms. The minimum Gasteiger partial charge on any atom is -0.330 e. The van der Waals surface area contributed by atoms with Gasteiger partial charge in [-0.1, -0.05) is 18.2 Å². The van der Waals surface area contributed by atoms with Gasteiger partial charge in [0.05, 0.1) is 17.0 Å². The minimum atomic E-state index is -3.10. The highest BCUT2D eigenvalue weighted by Crippen LogP contribution is 2.18. The summed E-state index contributed by atoms with van der Waals surface area (Å²) in [6, 6.07) is 9.33. The molecule has 2 rings (SSSR count). The molecule has 1 aromatic heterocycles. The molecule has 2 aromatic rings. The number of nitrogens with two attached hydrogens (primary N) is 1. The third-order valence-electron chi connectivity index (χ3n) is 2.77. The highest BCUT2D eigenvalue weighted by atomic mass is 32.2. The van der Waals surface area contributed by atoms with E-state index in [0.717, 1.165) is 16.5 Å². The van der Waals surface area contributed by atoms with Crippen LogP contribution < -0.4 is 5.73 Å². The maximum atomic E-state index is 11.9. The molecule has 0 atom stereocenters. The van der Waals surface area contributed by atoms with Crippen molar-refractivity contribution in [1.82, 2.24) is 4.98 Å². The van der Waals surface area contributed by atoms with Gasteiger partial charge in [0.15, 0.2) is 9.84 Å². The van der Waals surface area contributed by atoms with Crippen LogP contribution in [0.2, 0.25) is 0 Å². The molecule has 0 aliphatic heterocycles. The lowest BCUT2D eigenvalue weighted by molar-refractivity contribution is 0.593. The summed E-state index contributed by atoms with van der Waals surface area (Å²) in [5, 5.41) is 0.899. The predicted octanol–water partition coefficient (Wildman–Crippen LogP) is 1.50. The quantitative estimate of drug-likeness (QED) is 0.888. The van der Waals surface area contributed by atoms with Gasteiger partial charge in [-0.2, -0.15) is 0 Å². The lowest BCUT2D eigenvalue weighted by atomic mass is 10.1. The van der Waals surface area contributed by atoms with Crippen LogP contribution in [0.25, 0.3) is 10.9 Å². The highest BCUT2D eigenvalue weighted by molar-refractivity contribution is 7.90. The molecule has 0 unspecified atom stereocenters. The van der Waals surface area contributed by atoms with Crippen LogP contribution in [-0.4, -0.2) is 25.7 Å². The van der Waals surface area contributed by atoms with Crippen LogP contribution in [0.4, 0.5) is 0 Å². The molecule has 0 saturated heterocycles. The molecule has 0 spiro atoms. The van der Waals surface area contributed by atoms with Gasteiger partial charge in [0.2, 0.25) is 0 Å². The number of sulfone groups is 1. The molecule has 96 valence electrons. The van der Waals surface area contributed by atoms with Crippen molar-refractivity contribution in [3.63, 3.8) is 0 Å². The first-order valence-electron chi connectivity index (χ1n) is 5.85. The Balaban J connectivity index is 2.32. The fraction of sp³-hybridized carbons (Fsp3) is 0.308. The predicted molar refractivity (Wildman–Crippen MR) is 72.9 cm³/mol. The van der Waals surface area contributed by atoms with Crippen LogP contribution >= 0.6 is 0 Å². The maximum Gasteiger partial charge on any atom is 0.154 e. The van der Waals surface area contributed by atoms with Gasteiger partial charge in [-0.15, -0.1) is 0 Å². The summed E-state index contributed by atoms with van der Waals surface area (Å²) in [5.41, 5.74) is 6.97. The van der Waals surface area contributed by atoms with E-state index in [0.29, 0.717) is 13.0 Å². The van der Waals surface area contributed by atoms with Gasteiger partial charge in [-0.3, -0.25) is 4.98 Å². The number of hydrogen-bond acceptors (Lipinski definition) is 4. The van der Waals surface area contributed by atoms with E-state index in [1.54, 1.807) is 12.3 Å². The van der Waals surface area contributed by atoms with Gasteiger partial charge >= 0.3 is 0 Å². The summed E-state index contributed by atoms with van der Waals surface area (Å²) in [7, 11) is -3.10. The summed E-state index contributed by atoms with van der Waals surface area (Å²) in [4.78, 5) is 4.22. The Morgan fingerprint density at radius 2 is 1.94 bits per heavy atom. The van der Waals surface area contributed by atoms with Crippen molar-refractivity contribution in [2.75, 3.05) is 12.3 Å². The molecule has 4 nitrogen and oxygen atoms in total. The molecule has 0 fully saturated rings. The molecule has 5 heteroatoms.